The first kappa shape index (κ1) is 12.4. The Morgan fingerprint density at radius 3 is 2.60 bits per heavy atom. The number of rotatable bonds is 5. The molecule has 0 saturated heterocycles. The lowest BCUT2D eigenvalue weighted by Gasteiger charge is -2.10. The van der Waals surface area contributed by atoms with Crippen LogP contribution < -0.4 is 0 Å². The molecular weight excluding hydrogens is 218 g/mol. The third kappa shape index (κ3) is 3.45. The van der Waals surface area contributed by atoms with Crippen LogP contribution in [0.25, 0.3) is 0 Å². The summed E-state index contributed by atoms with van der Waals surface area (Å²) >= 11 is 5.57. The highest BCUT2D eigenvalue weighted by Gasteiger charge is 2.12. The molecule has 1 aromatic rings. The van der Waals surface area contributed by atoms with Crippen molar-refractivity contribution in [3.05, 3.63) is 34.9 Å². The van der Waals surface area contributed by atoms with E-state index in [0.717, 1.165) is 24.0 Å². The predicted octanol–water partition coefficient (Wildman–Crippen LogP) is 4.36. The van der Waals surface area contributed by atoms with Crippen molar-refractivity contribution in [2.75, 3.05) is 5.88 Å². The van der Waals surface area contributed by atoms with Crippen LogP contribution >= 0.6 is 11.6 Å². The van der Waals surface area contributed by atoms with Crippen molar-refractivity contribution >= 4 is 11.6 Å². The number of aryl methyl sites for hydroxylation is 2. The zero-order valence-corrected chi connectivity index (χ0v) is 9.53. The minimum absolute atomic E-state index is 0.150. The Bertz CT molecular complexity index is 310. The van der Waals surface area contributed by atoms with E-state index in [1.54, 1.807) is 6.07 Å². The molecule has 1 aromatic carbocycles. The maximum atomic E-state index is 12.7. The lowest BCUT2D eigenvalue weighted by Crippen LogP contribution is -1.97. The van der Waals surface area contributed by atoms with E-state index in [0.29, 0.717) is 12.3 Å². The Hall–Kier alpha value is -0.630. The van der Waals surface area contributed by atoms with E-state index >= 15 is 0 Å². The van der Waals surface area contributed by atoms with Gasteiger partial charge in [-0.15, -0.1) is 11.6 Å². The normalized spacial score (nSPS) is 11.0. The van der Waals surface area contributed by atoms with Gasteiger partial charge in [0.05, 0.1) is 0 Å². The molecule has 84 valence electrons. The van der Waals surface area contributed by atoms with Gasteiger partial charge >= 0.3 is 0 Å². The molecule has 0 nitrogen and oxygen atoms in total. The van der Waals surface area contributed by atoms with Gasteiger partial charge in [0.15, 0.2) is 0 Å². The van der Waals surface area contributed by atoms with Gasteiger partial charge < -0.3 is 0 Å². The Kier molecular flexibility index (Phi) is 5.03. The van der Waals surface area contributed by atoms with Crippen molar-refractivity contribution in [1.82, 2.24) is 0 Å². The second-order valence-electron chi connectivity index (χ2n) is 3.48. The van der Waals surface area contributed by atoms with Gasteiger partial charge in [0.25, 0.3) is 6.43 Å². The third-order valence-electron chi connectivity index (χ3n) is 2.43. The molecule has 0 aromatic heterocycles. The molecular formula is C12H15ClF2. The highest BCUT2D eigenvalue weighted by Crippen LogP contribution is 2.25. The van der Waals surface area contributed by atoms with E-state index in [2.05, 4.69) is 0 Å². The minimum Gasteiger partial charge on any atom is -0.205 e. The second-order valence-corrected chi connectivity index (χ2v) is 3.86. The molecule has 0 heterocycles. The maximum Gasteiger partial charge on any atom is 0.264 e. The van der Waals surface area contributed by atoms with Crippen LogP contribution in [0.2, 0.25) is 0 Å². The molecule has 0 aliphatic carbocycles. The van der Waals surface area contributed by atoms with Crippen LogP contribution in [0.15, 0.2) is 18.2 Å². The fraction of sp³-hybridized carbons (Fsp3) is 0.500. The summed E-state index contributed by atoms with van der Waals surface area (Å²) in [6.45, 7) is 2.02. The van der Waals surface area contributed by atoms with Gasteiger partial charge in [-0.1, -0.05) is 25.1 Å². The molecule has 0 radical (unpaired) electrons. The van der Waals surface area contributed by atoms with Gasteiger partial charge in [-0.25, -0.2) is 8.78 Å². The summed E-state index contributed by atoms with van der Waals surface area (Å²) in [6.07, 6.45) is -0.135. The summed E-state index contributed by atoms with van der Waals surface area (Å²) in [6, 6.07) is 5.17. The quantitative estimate of drug-likeness (QED) is 0.662. The lowest BCUT2D eigenvalue weighted by molar-refractivity contribution is 0.150. The lowest BCUT2D eigenvalue weighted by atomic mass is 9.99. The van der Waals surface area contributed by atoms with Gasteiger partial charge in [0.1, 0.15) is 0 Å². The van der Waals surface area contributed by atoms with Crippen molar-refractivity contribution in [3.8, 4) is 0 Å². The number of halogens is 3. The zero-order chi connectivity index (χ0) is 11.3. The SMILES string of the molecule is CCc1ccc(C(F)F)c(CCCCl)c1. The third-order valence-corrected chi connectivity index (χ3v) is 2.70. The molecule has 0 aliphatic heterocycles. The Labute approximate surface area is 94.3 Å². The van der Waals surface area contributed by atoms with Crippen molar-refractivity contribution in [1.29, 1.82) is 0 Å². The molecule has 1 rings (SSSR count). The molecule has 0 atom stereocenters. The average Bonchev–Trinajstić information content (AvgIpc) is 2.25. The molecule has 0 N–H and O–H groups in total. The summed E-state index contributed by atoms with van der Waals surface area (Å²) in [5.41, 5.74) is 1.99. The van der Waals surface area contributed by atoms with Gasteiger partial charge in [0.2, 0.25) is 0 Å². The van der Waals surface area contributed by atoms with Crippen molar-refractivity contribution in [2.45, 2.75) is 32.6 Å². The topological polar surface area (TPSA) is 0 Å². The van der Waals surface area contributed by atoms with Crippen LogP contribution in [-0.2, 0) is 12.8 Å². The van der Waals surface area contributed by atoms with Crippen LogP contribution in [0.5, 0.6) is 0 Å². The number of alkyl halides is 3. The molecule has 0 fully saturated rings. The van der Waals surface area contributed by atoms with E-state index in [-0.39, 0.29) is 5.56 Å². The van der Waals surface area contributed by atoms with E-state index < -0.39 is 6.43 Å². The molecule has 0 aliphatic rings. The van der Waals surface area contributed by atoms with E-state index in [4.69, 9.17) is 11.6 Å². The van der Waals surface area contributed by atoms with Crippen molar-refractivity contribution < 1.29 is 8.78 Å². The van der Waals surface area contributed by atoms with Crippen molar-refractivity contribution in [2.24, 2.45) is 0 Å². The molecule has 0 unspecified atom stereocenters. The fourth-order valence-corrected chi connectivity index (χ4v) is 1.70. The van der Waals surface area contributed by atoms with Crippen LogP contribution in [0.1, 0.15) is 36.5 Å². The second kappa shape index (κ2) is 6.06. The monoisotopic (exact) mass is 232 g/mol. The van der Waals surface area contributed by atoms with Crippen LogP contribution in [0.4, 0.5) is 8.78 Å². The highest BCUT2D eigenvalue weighted by atomic mass is 35.5. The first-order chi connectivity index (χ1) is 7.19. The number of benzene rings is 1. The Morgan fingerprint density at radius 1 is 1.33 bits per heavy atom. The van der Waals surface area contributed by atoms with Crippen LogP contribution in [0, 0.1) is 0 Å². The van der Waals surface area contributed by atoms with Crippen LogP contribution in [-0.4, -0.2) is 5.88 Å². The highest BCUT2D eigenvalue weighted by molar-refractivity contribution is 6.17. The first-order valence-electron chi connectivity index (χ1n) is 5.14. The smallest absolute Gasteiger partial charge is 0.205 e. The summed E-state index contributed by atoms with van der Waals surface area (Å²) in [5, 5.41) is 0. The molecule has 15 heavy (non-hydrogen) atoms. The first-order valence-corrected chi connectivity index (χ1v) is 5.68. The van der Waals surface area contributed by atoms with Gasteiger partial charge in [-0.2, -0.15) is 0 Å². The molecule has 0 spiro atoms. The molecule has 0 saturated carbocycles. The fourth-order valence-electron chi connectivity index (χ4n) is 1.57. The summed E-state index contributed by atoms with van der Waals surface area (Å²) in [7, 11) is 0. The summed E-state index contributed by atoms with van der Waals surface area (Å²) in [4.78, 5) is 0. The molecule has 0 amide bonds. The van der Waals surface area contributed by atoms with Gasteiger partial charge in [0, 0.05) is 11.4 Å². The largest absolute Gasteiger partial charge is 0.264 e. The predicted molar refractivity (Wildman–Crippen MR) is 59.8 cm³/mol. The number of hydrogen-bond donors (Lipinski definition) is 0. The average molecular weight is 233 g/mol. The van der Waals surface area contributed by atoms with Crippen LogP contribution in [0.3, 0.4) is 0 Å². The van der Waals surface area contributed by atoms with Crippen molar-refractivity contribution in [3.63, 3.8) is 0 Å². The van der Waals surface area contributed by atoms with E-state index in [1.165, 1.54) is 6.07 Å². The molecule has 3 heteroatoms. The Morgan fingerprint density at radius 2 is 2.07 bits per heavy atom. The van der Waals surface area contributed by atoms with E-state index in [9.17, 15) is 8.78 Å². The minimum atomic E-state index is -2.39. The summed E-state index contributed by atoms with van der Waals surface area (Å²) < 4.78 is 25.3. The van der Waals surface area contributed by atoms with E-state index in [1.807, 2.05) is 13.0 Å². The number of hydrogen-bond acceptors (Lipinski definition) is 0. The standard InChI is InChI=1S/C12H15ClF2/c1-2-9-5-6-11(12(14)15)10(8-9)4-3-7-13/h5-6,8,12H,2-4,7H2,1H3. The maximum absolute atomic E-state index is 12.7. The Balaban J connectivity index is 2.94. The zero-order valence-electron chi connectivity index (χ0n) is 8.77. The summed E-state index contributed by atoms with van der Waals surface area (Å²) in [5.74, 6) is 0.513. The van der Waals surface area contributed by atoms with Gasteiger partial charge in [-0.05, 0) is 30.4 Å². The van der Waals surface area contributed by atoms with Gasteiger partial charge in [-0.3, -0.25) is 0 Å². The molecule has 0 bridgehead atoms.